The molecule has 0 aliphatic carbocycles. The minimum atomic E-state index is -0.240. The van der Waals surface area contributed by atoms with Gasteiger partial charge in [0.25, 0.3) is 5.91 Å². The highest BCUT2D eigenvalue weighted by atomic mass is 16.5. The lowest BCUT2D eigenvalue weighted by Crippen LogP contribution is -2.32. The molecule has 2 atom stereocenters. The van der Waals surface area contributed by atoms with Gasteiger partial charge in [-0.1, -0.05) is 42.5 Å². The minimum Gasteiger partial charge on any atom is -0.497 e. The summed E-state index contributed by atoms with van der Waals surface area (Å²) in [5.74, 6) is 1.08. The second-order valence-electron chi connectivity index (χ2n) is 8.31. The predicted octanol–water partition coefficient (Wildman–Crippen LogP) is 4.36. The fourth-order valence-corrected chi connectivity index (χ4v) is 4.04. The van der Waals surface area contributed by atoms with Gasteiger partial charge in [0.05, 0.1) is 19.8 Å². The first-order valence-corrected chi connectivity index (χ1v) is 11.4. The summed E-state index contributed by atoms with van der Waals surface area (Å²) in [5, 5.41) is 2.89. The monoisotopic (exact) mass is 449 g/mol. The van der Waals surface area contributed by atoms with Crippen molar-refractivity contribution in [1.29, 1.82) is 0 Å². The number of hydrogen-bond donors (Lipinski definition) is 1. The molecule has 1 N–H and O–H groups in total. The van der Waals surface area contributed by atoms with Crippen LogP contribution in [0, 0.1) is 0 Å². The number of hydrogen-bond acceptors (Lipinski definition) is 6. The van der Waals surface area contributed by atoms with E-state index in [0.717, 1.165) is 30.8 Å². The summed E-state index contributed by atoms with van der Waals surface area (Å²) in [4.78, 5) is 19.2. The second-order valence-corrected chi connectivity index (χ2v) is 8.31. The standard InChI is InChI=1S/C26H31N3O4/c1-19(21-9-4-3-5-10-21)29(16-20-8-6-11-22(14-20)31-2)17-25-28-24(18-33-25)26(30)27-15-23-12-7-13-32-23/h3-6,8-11,14,18-19,23H,7,12-13,15-17H2,1-2H3,(H,27,30)/t19-,23+/m1/s1. The molecule has 2 aromatic carbocycles. The van der Waals surface area contributed by atoms with Gasteiger partial charge in [0.1, 0.15) is 12.0 Å². The predicted molar refractivity (Wildman–Crippen MR) is 125 cm³/mol. The van der Waals surface area contributed by atoms with Crippen LogP contribution in [0.1, 0.15) is 53.3 Å². The molecule has 7 heteroatoms. The van der Waals surface area contributed by atoms with Gasteiger partial charge in [-0.25, -0.2) is 4.98 Å². The van der Waals surface area contributed by atoms with Crippen LogP contribution in [0.15, 0.2) is 65.3 Å². The first-order chi connectivity index (χ1) is 16.1. The molecule has 3 aromatic rings. The van der Waals surface area contributed by atoms with Gasteiger partial charge in [-0.2, -0.15) is 0 Å². The van der Waals surface area contributed by atoms with Gasteiger partial charge in [0.2, 0.25) is 5.89 Å². The van der Waals surface area contributed by atoms with Gasteiger partial charge >= 0.3 is 0 Å². The number of nitrogens with zero attached hydrogens (tertiary/aromatic N) is 2. The van der Waals surface area contributed by atoms with Crippen LogP contribution in [0.3, 0.4) is 0 Å². The number of amides is 1. The summed E-state index contributed by atoms with van der Waals surface area (Å²) in [5.41, 5.74) is 2.61. The highest BCUT2D eigenvalue weighted by molar-refractivity contribution is 5.91. The molecule has 0 unspecified atom stereocenters. The molecular weight excluding hydrogens is 418 g/mol. The van der Waals surface area contributed by atoms with Gasteiger partial charge in [-0.3, -0.25) is 9.69 Å². The third-order valence-electron chi connectivity index (χ3n) is 5.99. The number of nitrogens with one attached hydrogen (secondary N) is 1. The maximum absolute atomic E-state index is 12.5. The average molecular weight is 450 g/mol. The summed E-state index contributed by atoms with van der Waals surface area (Å²) in [6.45, 7) is 4.56. The summed E-state index contributed by atoms with van der Waals surface area (Å²) in [7, 11) is 1.67. The molecule has 1 amide bonds. The van der Waals surface area contributed by atoms with Crippen molar-refractivity contribution in [2.45, 2.75) is 45.0 Å². The van der Waals surface area contributed by atoms with Crippen molar-refractivity contribution in [3.8, 4) is 5.75 Å². The van der Waals surface area contributed by atoms with Gasteiger partial charge in [-0.05, 0) is 43.0 Å². The molecule has 4 rings (SSSR count). The molecule has 1 aromatic heterocycles. The third-order valence-corrected chi connectivity index (χ3v) is 5.99. The van der Waals surface area contributed by atoms with Gasteiger partial charge in [-0.15, -0.1) is 0 Å². The van der Waals surface area contributed by atoms with E-state index in [9.17, 15) is 4.79 Å². The summed E-state index contributed by atoms with van der Waals surface area (Å²) < 4.78 is 16.6. The first kappa shape index (κ1) is 23.0. The van der Waals surface area contributed by atoms with Crippen LogP contribution in [-0.4, -0.2) is 42.2 Å². The van der Waals surface area contributed by atoms with Crippen molar-refractivity contribution < 1.29 is 18.7 Å². The Balaban J connectivity index is 1.47. The average Bonchev–Trinajstić information content (AvgIpc) is 3.55. The number of oxazole rings is 1. The molecule has 0 spiro atoms. The topological polar surface area (TPSA) is 76.8 Å². The van der Waals surface area contributed by atoms with E-state index in [1.165, 1.54) is 11.8 Å². The molecule has 33 heavy (non-hydrogen) atoms. The molecule has 1 aliphatic heterocycles. The maximum atomic E-state index is 12.5. The Kier molecular flexibility index (Phi) is 7.75. The number of carbonyl (C=O) groups is 1. The molecule has 2 heterocycles. The Morgan fingerprint density at radius 2 is 2.06 bits per heavy atom. The lowest BCUT2D eigenvalue weighted by molar-refractivity contribution is 0.0853. The van der Waals surface area contributed by atoms with Crippen LogP contribution in [0.25, 0.3) is 0 Å². The van der Waals surface area contributed by atoms with Crippen molar-refractivity contribution >= 4 is 5.91 Å². The second kappa shape index (κ2) is 11.1. The Morgan fingerprint density at radius 1 is 1.21 bits per heavy atom. The third kappa shape index (κ3) is 6.21. The molecule has 1 fully saturated rings. The first-order valence-electron chi connectivity index (χ1n) is 11.4. The zero-order valence-electron chi connectivity index (χ0n) is 19.2. The number of aromatic nitrogens is 1. The van der Waals surface area contributed by atoms with Gasteiger partial charge < -0.3 is 19.2 Å². The largest absolute Gasteiger partial charge is 0.497 e. The molecule has 174 valence electrons. The van der Waals surface area contributed by atoms with Crippen molar-refractivity contribution in [2.24, 2.45) is 0 Å². The van der Waals surface area contributed by atoms with Crippen LogP contribution in [0.5, 0.6) is 5.75 Å². The Morgan fingerprint density at radius 3 is 2.82 bits per heavy atom. The van der Waals surface area contributed by atoms with Gasteiger partial charge in [0, 0.05) is 25.7 Å². The number of ether oxygens (including phenoxy) is 2. The SMILES string of the molecule is COc1cccc(CN(Cc2nc(C(=O)NC[C@@H]3CCCO3)co2)[C@H](C)c2ccccc2)c1. The zero-order chi connectivity index (χ0) is 23.0. The van der Waals surface area contributed by atoms with Crippen LogP contribution in [0.4, 0.5) is 0 Å². The maximum Gasteiger partial charge on any atom is 0.273 e. The minimum absolute atomic E-state index is 0.0883. The number of carbonyl (C=O) groups excluding carboxylic acids is 1. The van der Waals surface area contributed by atoms with E-state index in [4.69, 9.17) is 13.9 Å². The number of benzene rings is 2. The quantitative estimate of drug-likeness (QED) is 0.496. The van der Waals surface area contributed by atoms with Crippen molar-refractivity contribution in [3.05, 3.63) is 83.6 Å². The lowest BCUT2D eigenvalue weighted by Gasteiger charge is -2.28. The Labute approximate surface area is 194 Å². The Hall–Kier alpha value is -3.16. The van der Waals surface area contributed by atoms with Crippen LogP contribution < -0.4 is 10.1 Å². The highest BCUT2D eigenvalue weighted by Gasteiger charge is 2.22. The normalized spacial score (nSPS) is 16.6. The van der Waals surface area contributed by atoms with Crippen LogP contribution in [0.2, 0.25) is 0 Å². The Bertz CT molecular complexity index is 1030. The molecule has 1 aliphatic rings. The van der Waals surface area contributed by atoms with Crippen LogP contribution >= 0.6 is 0 Å². The smallest absolute Gasteiger partial charge is 0.273 e. The van der Waals surface area contributed by atoms with E-state index in [-0.39, 0.29) is 23.7 Å². The molecule has 0 bridgehead atoms. The number of methoxy groups -OCH3 is 1. The number of rotatable bonds is 10. The van der Waals surface area contributed by atoms with E-state index in [1.54, 1.807) is 7.11 Å². The zero-order valence-corrected chi connectivity index (χ0v) is 19.2. The summed E-state index contributed by atoms with van der Waals surface area (Å²) in [6, 6.07) is 18.5. The van der Waals surface area contributed by atoms with E-state index in [0.29, 0.717) is 25.5 Å². The molecular formula is C26H31N3O4. The lowest BCUT2D eigenvalue weighted by atomic mass is 10.1. The van der Waals surface area contributed by atoms with E-state index in [1.807, 2.05) is 36.4 Å². The highest BCUT2D eigenvalue weighted by Crippen LogP contribution is 2.25. The van der Waals surface area contributed by atoms with Crippen LogP contribution in [-0.2, 0) is 17.8 Å². The van der Waals surface area contributed by atoms with Crippen molar-refractivity contribution in [1.82, 2.24) is 15.2 Å². The molecule has 0 saturated carbocycles. The summed E-state index contributed by atoms with van der Waals surface area (Å²) in [6.07, 6.45) is 3.53. The molecule has 1 saturated heterocycles. The van der Waals surface area contributed by atoms with E-state index < -0.39 is 0 Å². The van der Waals surface area contributed by atoms with E-state index in [2.05, 4.69) is 40.3 Å². The molecule has 0 radical (unpaired) electrons. The fourth-order valence-electron chi connectivity index (χ4n) is 4.04. The molecule has 7 nitrogen and oxygen atoms in total. The van der Waals surface area contributed by atoms with Gasteiger partial charge in [0.15, 0.2) is 5.69 Å². The fraction of sp³-hybridized carbons (Fsp3) is 0.385. The van der Waals surface area contributed by atoms with Crippen molar-refractivity contribution in [3.63, 3.8) is 0 Å². The van der Waals surface area contributed by atoms with E-state index >= 15 is 0 Å². The summed E-state index contributed by atoms with van der Waals surface area (Å²) >= 11 is 0. The van der Waals surface area contributed by atoms with Crippen molar-refractivity contribution in [2.75, 3.05) is 20.3 Å².